The smallest absolute Gasteiger partial charge is 0.257 e. The van der Waals surface area contributed by atoms with Crippen LogP contribution in [0.25, 0.3) is 0 Å². The Morgan fingerprint density at radius 2 is 2.26 bits per heavy atom. The van der Waals surface area contributed by atoms with E-state index < -0.39 is 0 Å². The summed E-state index contributed by atoms with van der Waals surface area (Å²) in [6.45, 7) is 1.58. The molecular weight excluding hydrogens is 292 g/mol. The van der Waals surface area contributed by atoms with Crippen LogP contribution in [0.5, 0.6) is 0 Å². The fourth-order valence-corrected chi connectivity index (χ4v) is 3.03. The summed E-state index contributed by atoms with van der Waals surface area (Å²) in [6.07, 6.45) is 6.40. The molecule has 0 spiro atoms. The second-order valence-electron chi connectivity index (χ2n) is 6.03. The van der Waals surface area contributed by atoms with Crippen LogP contribution in [0.2, 0.25) is 0 Å². The van der Waals surface area contributed by atoms with E-state index in [0.29, 0.717) is 11.5 Å². The van der Waals surface area contributed by atoms with E-state index in [2.05, 4.69) is 20.6 Å². The fourth-order valence-electron chi connectivity index (χ4n) is 3.03. The first-order chi connectivity index (χ1) is 11.2. The van der Waals surface area contributed by atoms with Gasteiger partial charge in [-0.3, -0.25) is 9.48 Å². The van der Waals surface area contributed by atoms with E-state index in [1.165, 1.54) is 0 Å². The number of carbonyl (C=O) groups is 1. The standard InChI is InChI=1S/C16H22N6O/c1-17-15-6-5-14(19-20-15)8-12-4-3-7-22(10-12)16(23)13-9-18-21(2)11-13/h5-6,9,11-12H,3-4,7-8,10H2,1-2H3,(H,17,20)/t12-/m1/s1. The van der Waals surface area contributed by atoms with Crippen molar-refractivity contribution in [3.05, 3.63) is 35.8 Å². The highest BCUT2D eigenvalue weighted by Gasteiger charge is 2.25. The maximum atomic E-state index is 12.5. The second kappa shape index (κ2) is 6.76. The van der Waals surface area contributed by atoms with E-state index >= 15 is 0 Å². The van der Waals surface area contributed by atoms with Crippen molar-refractivity contribution < 1.29 is 4.79 Å². The highest BCUT2D eigenvalue weighted by atomic mass is 16.2. The van der Waals surface area contributed by atoms with Gasteiger partial charge in [-0.2, -0.15) is 10.2 Å². The predicted molar refractivity (Wildman–Crippen MR) is 87.1 cm³/mol. The van der Waals surface area contributed by atoms with Crippen molar-refractivity contribution in [3.8, 4) is 0 Å². The second-order valence-corrected chi connectivity index (χ2v) is 6.03. The van der Waals surface area contributed by atoms with Crippen molar-refractivity contribution in [2.75, 3.05) is 25.5 Å². The van der Waals surface area contributed by atoms with Gasteiger partial charge in [-0.15, -0.1) is 5.10 Å². The number of amides is 1. The van der Waals surface area contributed by atoms with Crippen molar-refractivity contribution in [2.24, 2.45) is 13.0 Å². The van der Waals surface area contributed by atoms with E-state index in [0.717, 1.165) is 43.9 Å². The summed E-state index contributed by atoms with van der Waals surface area (Å²) in [5.74, 6) is 1.27. The van der Waals surface area contributed by atoms with Gasteiger partial charge >= 0.3 is 0 Å². The Bertz CT molecular complexity index is 665. The molecule has 0 radical (unpaired) electrons. The molecule has 1 saturated heterocycles. The Labute approximate surface area is 135 Å². The number of aromatic nitrogens is 4. The number of hydrogen-bond acceptors (Lipinski definition) is 5. The van der Waals surface area contributed by atoms with E-state index in [1.54, 1.807) is 17.1 Å². The summed E-state index contributed by atoms with van der Waals surface area (Å²) < 4.78 is 1.66. The van der Waals surface area contributed by atoms with Crippen LogP contribution in [0.1, 0.15) is 28.9 Å². The number of carbonyl (C=O) groups excluding carboxylic acids is 1. The molecule has 1 aliphatic rings. The Morgan fingerprint density at radius 3 is 2.91 bits per heavy atom. The third-order valence-corrected chi connectivity index (χ3v) is 4.23. The van der Waals surface area contributed by atoms with Gasteiger partial charge in [0.05, 0.1) is 17.5 Å². The average Bonchev–Trinajstić information content (AvgIpc) is 3.01. The van der Waals surface area contributed by atoms with E-state index in [-0.39, 0.29) is 5.91 Å². The molecule has 1 atom stereocenters. The molecule has 3 heterocycles. The molecule has 0 unspecified atom stereocenters. The molecule has 23 heavy (non-hydrogen) atoms. The lowest BCUT2D eigenvalue weighted by Gasteiger charge is -2.32. The molecule has 7 nitrogen and oxygen atoms in total. The normalized spacial score (nSPS) is 18.0. The topological polar surface area (TPSA) is 75.9 Å². The molecule has 7 heteroatoms. The van der Waals surface area contributed by atoms with E-state index in [1.807, 2.05) is 31.1 Å². The van der Waals surface area contributed by atoms with Gasteiger partial charge in [0.25, 0.3) is 5.91 Å². The third-order valence-electron chi connectivity index (χ3n) is 4.23. The molecule has 1 amide bonds. The van der Waals surface area contributed by atoms with Crippen LogP contribution in [0.15, 0.2) is 24.5 Å². The highest BCUT2D eigenvalue weighted by Crippen LogP contribution is 2.21. The first-order valence-electron chi connectivity index (χ1n) is 7.94. The van der Waals surface area contributed by atoms with Gasteiger partial charge in [0.2, 0.25) is 0 Å². The van der Waals surface area contributed by atoms with Crippen molar-refractivity contribution in [1.29, 1.82) is 0 Å². The minimum atomic E-state index is 0.0689. The molecule has 0 bridgehead atoms. The zero-order valence-electron chi connectivity index (χ0n) is 13.6. The van der Waals surface area contributed by atoms with Crippen molar-refractivity contribution in [1.82, 2.24) is 24.9 Å². The average molecular weight is 314 g/mol. The van der Waals surface area contributed by atoms with Crippen molar-refractivity contribution in [3.63, 3.8) is 0 Å². The van der Waals surface area contributed by atoms with Crippen LogP contribution < -0.4 is 5.32 Å². The number of nitrogens with one attached hydrogen (secondary N) is 1. The molecule has 0 aliphatic carbocycles. The maximum absolute atomic E-state index is 12.5. The summed E-state index contributed by atoms with van der Waals surface area (Å²) in [5.41, 5.74) is 1.64. The summed E-state index contributed by atoms with van der Waals surface area (Å²) >= 11 is 0. The SMILES string of the molecule is CNc1ccc(C[C@H]2CCCN(C(=O)c3cnn(C)c3)C2)nn1. The van der Waals surface area contributed by atoms with Crippen LogP contribution in [-0.2, 0) is 13.5 Å². The molecule has 122 valence electrons. The summed E-state index contributed by atoms with van der Waals surface area (Å²) in [5, 5.41) is 15.4. The lowest BCUT2D eigenvalue weighted by Crippen LogP contribution is -2.40. The van der Waals surface area contributed by atoms with Crippen LogP contribution in [0, 0.1) is 5.92 Å². The number of piperidine rings is 1. The predicted octanol–water partition coefficient (Wildman–Crippen LogP) is 1.35. The van der Waals surface area contributed by atoms with Crippen LogP contribution in [0.3, 0.4) is 0 Å². The van der Waals surface area contributed by atoms with E-state index in [4.69, 9.17) is 0 Å². The quantitative estimate of drug-likeness (QED) is 0.922. The number of aryl methyl sites for hydroxylation is 1. The maximum Gasteiger partial charge on any atom is 0.257 e. The molecular formula is C16H22N6O. The van der Waals surface area contributed by atoms with E-state index in [9.17, 15) is 4.79 Å². The Balaban J connectivity index is 1.62. The van der Waals surface area contributed by atoms with Gasteiger partial charge in [0.1, 0.15) is 5.82 Å². The summed E-state index contributed by atoms with van der Waals surface area (Å²) in [7, 11) is 3.65. The molecule has 0 aromatic carbocycles. The molecule has 2 aromatic rings. The lowest BCUT2D eigenvalue weighted by molar-refractivity contribution is 0.0672. The van der Waals surface area contributed by atoms with Crippen LogP contribution >= 0.6 is 0 Å². The summed E-state index contributed by atoms with van der Waals surface area (Å²) in [6, 6.07) is 3.93. The Hall–Kier alpha value is -2.44. The van der Waals surface area contributed by atoms with Crippen molar-refractivity contribution in [2.45, 2.75) is 19.3 Å². The first-order valence-corrected chi connectivity index (χ1v) is 7.94. The van der Waals surface area contributed by atoms with Gasteiger partial charge < -0.3 is 10.2 Å². The minimum absolute atomic E-state index is 0.0689. The van der Waals surface area contributed by atoms with Gasteiger partial charge in [-0.25, -0.2) is 0 Å². The van der Waals surface area contributed by atoms with Gasteiger partial charge in [-0.05, 0) is 37.3 Å². The molecule has 2 aromatic heterocycles. The number of hydrogen-bond donors (Lipinski definition) is 1. The number of rotatable bonds is 4. The third kappa shape index (κ3) is 3.67. The Morgan fingerprint density at radius 1 is 1.39 bits per heavy atom. The van der Waals surface area contributed by atoms with Crippen LogP contribution in [0.4, 0.5) is 5.82 Å². The Kier molecular flexibility index (Phi) is 4.55. The van der Waals surface area contributed by atoms with Crippen molar-refractivity contribution >= 4 is 11.7 Å². The molecule has 0 saturated carbocycles. The zero-order chi connectivity index (χ0) is 16.2. The highest BCUT2D eigenvalue weighted by molar-refractivity contribution is 5.93. The monoisotopic (exact) mass is 314 g/mol. The van der Waals surface area contributed by atoms with Crippen LogP contribution in [-0.4, -0.2) is 50.9 Å². The minimum Gasteiger partial charge on any atom is -0.372 e. The number of nitrogens with zero attached hydrogens (tertiary/aromatic N) is 5. The largest absolute Gasteiger partial charge is 0.372 e. The molecule has 1 N–H and O–H groups in total. The van der Waals surface area contributed by atoms with Gasteiger partial charge in [-0.1, -0.05) is 0 Å². The van der Waals surface area contributed by atoms with Gasteiger partial charge in [0.15, 0.2) is 0 Å². The lowest BCUT2D eigenvalue weighted by atomic mass is 9.93. The molecule has 1 fully saturated rings. The number of likely N-dealkylation sites (tertiary alicyclic amines) is 1. The fraction of sp³-hybridized carbons (Fsp3) is 0.500. The first kappa shape index (κ1) is 15.5. The molecule has 3 rings (SSSR count). The molecule has 1 aliphatic heterocycles. The summed E-state index contributed by atoms with van der Waals surface area (Å²) in [4.78, 5) is 14.5. The zero-order valence-corrected chi connectivity index (χ0v) is 13.6. The number of anilines is 1. The van der Waals surface area contributed by atoms with Gasteiger partial charge in [0, 0.05) is 33.4 Å².